The molecule has 3 aromatic rings. The maximum absolute atomic E-state index is 13.4. The topological polar surface area (TPSA) is 101 Å². The molecule has 4 rings (SSSR count). The Hall–Kier alpha value is -3.04. The number of hydrogen-bond donors (Lipinski definition) is 1. The number of ketones is 2. The molecule has 1 unspecified atom stereocenters. The summed E-state index contributed by atoms with van der Waals surface area (Å²) in [6, 6.07) is 16.2. The summed E-state index contributed by atoms with van der Waals surface area (Å²) in [6.07, 6.45) is 0. The maximum atomic E-state index is 13.4. The molecule has 0 fully saturated rings. The number of fused-ring (bicyclic) bond motifs is 1. The number of para-hydroxylation sites is 1. The summed E-state index contributed by atoms with van der Waals surface area (Å²) < 4.78 is 27.4. The van der Waals surface area contributed by atoms with E-state index in [4.69, 9.17) is 23.2 Å². The lowest BCUT2D eigenvalue weighted by Gasteiger charge is -2.33. The van der Waals surface area contributed by atoms with E-state index in [1.54, 1.807) is 30.3 Å². The Morgan fingerprint density at radius 1 is 0.879 bits per heavy atom. The minimum atomic E-state index is -4.37. The molecule has 0 saturated heterocycles. The molecule has 1 heterocycles. The van der Waals surface area contributed by atoms with Crippen LogP contribution < -0.4 is 5.32 Å². The normalized spacial score (nSPS) is 17.3. The van der Waals surface area contributed by atoms with Crippen molar-refractivity contribution >= 4 is 56.4 Å². The SMILES string of the molecule is O=C(CN1C(C(=O)c2ccccc2Cl)C(=O)c2ccccc2S1(=O)=O)Nc1ccccc1Cl. The van der Waals surface area contributed by atoms with E-state index in [2.05, 4.69) is 5.32 Å². The van der Waals surface area contributed by atoms with E-state index in [0.717, 1.165) is 0 Å². The first-order valence-electron chi connectivity index (χ1n) is 9.70. The van der Waals surface area contributed by atoms with Crippen molar-refractivity contribution in [3.8, 4) is 0 Å². The molecule has 1 aliphatic rings. The highest BCUT2D eigenvalue weighted by Gasteiger charge is 2.48. The first-order chi connectivity index (χ1) is 15.7. The van der Waals surface area contributed by atoms with Crippen LogP contribution in [0.25, 0.3) is 0 Å². The van der Waals surface area contributed by atoms with Crippen LogP contribution in [0.5, 0.6) is 0 Å². The van der Waals surface area contributed by atoms with Crippen molar-refractivity contribution < 1.29 is 22.8 Å². The van der Waals surface area contributed by atoms with Gasteiger partial charge in [0.1, 0.15) is 0 Å². The van der Waals surface area contributed by atoms with E-state index in [-0.39, 0.29) is 31.8 Å². The highest BCUT2D eigenvalue weighted by molar-refractivity contribution is 7.89. The minimum Gasteiger partial charge on any atom is -0.324 e. The van der Waals surface area contributed by atoms with Crippen LogP contribution in [0, 0.1) is 0 Å². The Labute approximate surface area is 200 Å². The summed E-state index contributed by atoms with van der Waals surface area (Å²) >= 11 is 12.2. The maximum Gasteiger partial charge on any atom is 0.245 e. The van der Waals surface area contributed by atoms with Crippen molar-refractivity contribution in [2.45, 2.75) is 10.9 Å². The van der Waals surface area contributed by atoms with Gasteiger partial charge in [-0.25, -0.2) is 8.42 Å². The highest BCUT2D eigenvalue weighted by atomic mass is 35.5. The number of Topliss-reactive ketones (excluding diaryl/α,β-unsaturated/α-hetero) is 2. The lowest BCUT2D eigenvalue weighted by atomic mass is 9.95. The fourth-order valence-electron chi connectivity index (χ4n) is 3.57. The quantitative estimate of drug-likeness (QED) is 0.418. The number of nitrogens with one attached hydrogen (secondary N) is 1. The largest absolute Gasteiger partial charge is 0.324 e. The first kappa shape index (κ1) is 23.1. The van der Waals surface area contributed by atoms with Crippen LogP contribution in [0.1, 0.15) is 20.7 Å². The van der Waals surface area contributed by atoms with Crippen LogP contribution in [0.2, 0.25) is 10.0 Å². The second-order valence-electron chi connectivity index (χ2n) is 7.19. The molecule has 0 bridgehead atoms. The molecule has 10 heteroatoms. The van der Waals surface area contributed by atoms with Gasteiger partial charge >= 0.3 is 0 Å². The summed E-state index contributed by atoms with van der Waals surface area (Å²) in [5.74, 6) is -2.33. The monoisotopic (exact) mass is 502 g/mol. The fraction of sp³-hybridized carbons (Fsp3) is 0.0870. The van der Waals surface area contributed by atoms with Gasteiger partial charge in [0.05, 0.1) is 27.2 Å². The Balaban J connectivity index is 1.78. The van der Waals surface area contributed by atoms with Crippen molar-refractivity contribution in [2.75, 3.05) is 11.9 Å². The van der Waals surface area contributed by atoms with Crippen LogP contribution >= 0.6 is 23.2 Å². The number of amides is 1. The smallest absolute Gasteiger partial charge is 0.245 e. The van der Waals surface area contributed by atoms with E-state index >= 15 is 0 Å². The Morgan fingerprint density at radius 2 is 1.48 bits per heavy atom. The molecule has 168 valence electrons. The third-order valence-electron chi connectivity index (χ3n) is 5.11. The minimum absolute atomic E-state index is 0.0244. The average molecular weight is 503 g/mol. The summed E-state index contributed by atoms with van der Waals surface area (Å²) in [6.45, 7) is -0.783. The number of halogens is 2. The highest BCUT2D eigenvalue weighted by Crippen LogP contribution is 2.32. The van der Waals surface area contributed by atoms with Gasteiger partial charge in [-0.3, -0.25) is 14.4 Å². The molecule has 0 aliphatic carbocycles. The number of carbonyl (C=O) groups is 3. The van der Waals surface area contributed by atoms with Gasteiger partial charge in [-0.05, 0) is 36.4 Å². The van der Waals surface area contributed by atoms with Crippen LogP contribution in [-0.2, 0) is 14.8 Å². The van der Waals surface area contributed by atoms with E-state index in [9.17, 15) is 22.8 Å². The van der Waals surface area contributed by atoms with E-state index < -0.39 is 40.1 Å². The van der Waals surface area contributed by atoms with Crippen LogP contribution in [0.4, 0.5) is 5.69 Å². The molecule has 33 heavy (non-hydrogen) atoms. The Morgan fingerprint density at radius 3 is 2.18 bits per heavy atom. The Bertz CT molecular complexity index is 1390. The predicted molar refractivity (Wildman–Crippen MR) is 124 cm³/mol. The number of anilines is 1. The third kappa shape index (κ3) is 4.30. The zero-order valence-corrected chi connectivity index (χ0v) is 19.2. The number of sulfonamides is 1. The van der Waals surface area contributed by atoms with Gasteiger partial charge in [0, 0.05) is 11.1 Å². The number of benzene rings is 3. The van der Waals surface area contributed by atoms with E-state index in [1.165, 1.54) is 42.5 Å². The van der Waals surface area contributed by atoms with Crippen molar-refractivity contribution in [3.63, 3.8) is 0 Å². The predicted octanol–water partition coefficient (Wildman–Crippen LogP) is 4.07. The molecule has 0 saturated carbocycles. The van der Waals surface area contributed by atoms with Crippen molar-refractivity contribution in [1.82, 2.24) is 4.31 Å². The molecule has 1 atom stereocenters. The number of rotatable bonds is 5. The number of carbonyl (C=O) groups excluding carboxylic acids is 3. The molecule has 0 spiro atoms. The summed E-state index contributed by atoms with van der Waals surface area (Å²) in [4.78, 5) is 39.2. The van der Waals surface area contributed by atoms with Gasteiger partial charge in [-0.15, -0.1) is 0 Å². The van der Waals surface area contributed by atoms with Crippen molar-refractivity contribution in [2.24, 2.45) is 0 Å². The lowest BCUT2D eigenvalue weighted by molar-refractivity contribution is -0.116. The van der Waals surface area contributed by atoms with Gasteiger partial charge < -0.3 is 5.32 Å². The second kappa shape index (κ2) is 9.07. The van der Waals surface area contributed by atoms with Crippen LogP contribution in [0.15, 0.2) is 77.7 Å². The average Bonchev–Trinajstić information content (AvgIpc) is 2.79. The van der Waals surface area contributed by atoms with Crippen LogP contribution in [0.3, 0.4) is 0 Å². The first-order valence-corrected chi connectivity index (χ1v) is 11.9. The van der Waals surface area contributed by atoms with Gasteiger partial charge in [-0.2, -0.15) is 4.31 Å². The summed E-state index contributed by atoms with van der Waals surface area (Å²) in [5.41, 5.74) is 0.119. The molecule has 3 aromatic carbocycles. The standard InChI is InChI=1S/C23H16Cl2N2O5S/c24-16-9-3-1-7-14(16)22(29)21-23(30)15-8-2-6-12-19(15)33(31,32)27(21)13-20(28)26-18-11-5-4-10-17(18)25/h1-12,21H,13H2,(H,26,28). The number of hydrogen-bond acceptors (Lipinski definition) is 5. The summed E-state index contributed by atoms with van der Waals surface area (Å²) in [5, 5.41) is 2.83. The molecule has 1 amide bonds. The Kier molecular flexibility index (Phi) is 6.36. The van der Waals surface area contributed by atoms with Crippen molar-refractivity contribution in [1.29, 1.82) is 0 Å². The fourth-order valence-corrected chi connectivity index (χ4v) is 5.68. The van der Waals surface area contributed by atoms with Gasteiger partial charge in [0.15, 0.2) is 17.6 Å². The zero-order chi connectivity index (χ0) is 23.8. The van der Waals surface area contributed by atoms with Crippen LogP contribution in [-0.4, -0.2) is 42.8 Å². The van der Waals surface area contributed by atoms with Gasteiger partial charge in [-0.1, -0.05) is 59.6 Å². The van der Waals surface area contributed by atoms with Gasteiger partial charge in [0.25, 0.3) is 0 Å². The molecular formula is C23H16Cl2N2O5S. The third-order valence-corrected chi connectivity index (χ3v) is 7.64. The van der Waals surface area contributed by atoms with Crippen molar-refractivity contribution in [3.05, 3.63) is 94.0 Å². The lowest BCUT2D eigenvalue weighted by Crippen LogP contribution is -2.55. The number of nitrogens with zero attached hydrogens (tertiary/aromatic N) is 1. The second-order valence-corrected chi connectivity index (χ2v) is 9.86. The van der Waals surface area contributed by atoms with E-state index in [0.29, 0.717) is 4.31 Å². The molecule has 1 aliphatic heterocycles. The molecule has 1 N–H and O–H groups in total. The summed E-state index contributed by atoms with van der Waals surface area (Å²) in [7, 11) is -4.37. The zero-order valence-electron chi connectivity index (χ0n) is 16.9. The molecular weight excluding hydrogens is 487 g/mol. The molecule has 0 radical (unpaired) electrons. The van der Waals surface area contributed by atoms with E-state index in [1.807, 2.05) is 0 Å². The molecule has 7 nitrogen and oxygen atoms in total. The van der Waals surface area contributed by atoms with Gasteiger partial charge in [0.2, 0.25) is 15.9 Å². The molecule has 0 aromatic heterocycles.